The zero-order chi connectivity index (χ0) is 15.8. The molecule has 2 aliphatic rings. The molecule has 4 nitrogen and oxygen atoms in total. The monoisotopic (exact) mass is 455 g/mol. The fourth-order valence-corrected chi connectivity index (χ4v) is 4.65. The van der Waals surface area contributed by atoms with Crippen LogP contribution in [0.15, 0.2) is 4.99 Å². The van der Waals surface area contributed by atoms with Crippen molar-refractivity contribution in [2.45, 2.75) is 51.2 Å². The largest absolute Gasteiger partial charge is 0.381 e. The van der Waals surface area contributed by atoms with E-state index in [-0.39, 0.29) is 28.7 Å². The third-order valence-corrected chi connectivity index (χ3v) is 6.10. The number of hydrogen-bond donors (Lipinski definition) is 1. The van der Waals surface area contributed by atoms with Crippen molar-refractivity contribution in [2.24, 2.45) is 10.9 Å². The highest BCUT2D eigenvalue weighted by atomic mass is 127. The van der Waals surface area contributed by atoms with Crippen LogP contribution in [0, 0.1) is 5.92 Å². The summed E-state index contributed by atoms with van der Waals surface area (Å²) in [6.45, 7) is 12.7. The lowest BCUT2D eigenvalue weighted by atomic mass is 9.99. The number of nitrogens with zero attached hydrogens (tertiary/aromatic N) is 2. The van der Waals surface area contributed by atoms with Crippen molar-refractivity contribution in [3.63, 3.8) is 0 Å². The Morgan fingerprint density at radius 2 is 2.09 bits per heavy atom. The number of thioether (sulfide) groups is 1. The fraction of sp³-hybridized carbons (Fsp3) is 0.941. The van der Waals surface area contributed by atoms with Gasteiger partial charge in [-0.05, 0) is 44.3 Å². The minimum atomic E-state index is 0. The highest BCUT2D eigenvalue weighted by molar-refractivity contribution is 14.0. The number of piperidine rings is 1. The summed E-state index contributed by atoms with van der Waals surface area (Å²) in [5.41, 5.74) is 0. The lowest BCUT2D eigenvalue weighted by Gasteiger charge is -2.37. The number of halogens is 1. The quantitative estimate of drug-likeness (QED) is 0.391. The normalized spacial score (nSPS) is 24.9. The van der Waals surface area contributed by atoms with Gasteiger partial charge in [-0.2, -0.15) is 11.8 Å². The Bertz CT molecular complexity index is 356. The van der Waals surface area contributed by atoms with Gasteiger partial charge < -0.3 is 15.0 Å². The number of guanidine groups is 1. The summed E-state index contributed by atoms with van der Waals surface area (Å²) in [5.74, 6) is 3.06. The van der Waals surface area contributed by atoms with E-state index in [1.807, 2.05) is 0 Å². The van der Waals surface area contributed by atoms with Crippen molar-refractivity contribution in [3.8, 4) is 0 Å². The van der Waals surface area contributed by atoms with Crippen molar-refractivity contribution in [2.75, 3.05) is 45.1 Å². The lowest BCUT2D eigenvalue weighted by Crippen LogP contribution is -2.47. The van der Waals surface area contributed by atoms with Crippen LogP contribution >= 0.6 is 35.7 Å². The zero-order valence-corrected chi connectivity index (χ0v) is 18.1. The summed E-state index contributed by atoms with van der Waals surface area (Å²) in [5, 5.41) is 3.51. The first-order chi connectivity index (χ1) is 10.7. The molecule has 2 aliphatic heterocycles. The van der Waals surface area contributed by atoms with Gasteiger partial charge in [-0.15, -0.1) is 24.0 Å². The van der Waals surface area contributed by atoms with E-state index in [4.69, 9.17) is 9.73 Å². The Labute approximate surface area is 163 Å². The predicted molar refractivity (Wildman–Crippen MR) is 112 cm³/mol. The van der Waals surface area contributed by atoms with Crippen LogP contribution in [0.2, 0.25) is 0 Å². The number of hydrogen-bond acceptors (Lipinski definition) is 3. The van der Waals surface area contributed by atoms with Crippen molar-refractivity contribution in [3.05, 3.63) is 0 Å². The van der Waals surface area contributed by atoms with Crippen LogP contribution in [0.5, 0.6) is 0 Å². The van der Waals surface area contributed by atoms with Gasteiger partial charge in [-0.25, -0.2) is 0 Å². The molecule has 1 N–H and O–H groups in total. The van der Waals surface area contributed by atoms with Crippen LogP contribution in [0.25, 0.3) is 0 Å². The van der Waals surface area contributed by atoms with Crippen molar-refractivity contribution < 1.29 is 4.74 Å². The Morgan fingerprint density at radius 1 is 1.35 bits per heavy atom. The molecule has 1 atom stereocenters. The minimum absolute atomic E-state index is 0. The van der Waals surface area contributed by atoms with Gasteiger partial charge in [0.2, 0.25) is 0 Å². The van der Waals surface area contributed by atoms with Crippen LogP contribution < -0.4 is 5.32 Å². The summed E-state index contributed by atoms with van der Waals surface area (Å²) in [6, 6.07) is 0. The Balaban J connectivity index is 0.00000264. The summed E-state index contributed by atoms with van der Waals surface area (Å²) < 4.78 is 5.85. The van der Waals surface area contributed by atoms with Gasteiger partial charge in [0.15, 0.2) is 5.96 Å². The van der Waals surface area contributed by atoms with Gasteiger partial charge in [0.25, 0.3) is 0 Å². The molecule has 2 fully saturated rings. The SMILES string of the molecule is CCNC(=NCC1(SCC)CCOCC1)N1CCCC(C)C1.I. The van der Waals surface area contributed by atoms with Crippen LogP contribution in [0.4, 0.5) is 0 Å². The minimum Gasteiger partial charge on any atom is -0.381 e. The van der Waals surface area contributed by atoms with Crippen LogP contribution in [0.1, 0.15) is 46.5 Å². The molecule has 0 spiro atoms. The predicted octanol–water partition coefficient (Wildman–Crippen LogP) is 3.60. The highest BCUT2D eigenvalue weighted by Crippen LogP contribution is 2.35. The molecule has 0 aromatic rings. The number of nitrogens with one attached hydrogen (secondary N) is 1. The first-order valence-corrected chi connectivity index (χ1v) is 9.92. The first-order valence-electron chi connectivity index (χ1n) is 8.94. The summed E-state index contributed by atoms with van der Waals surface area (Å²) >= 11 is 2.07. The van der Waals surface area contributed by atoms with E-state index in [9.17, 15) is 0 Å². The molecule has 0 radical (unpaired) electrons. The van der Waals surface area contributed by atoms with Crippen molar-refractivity contribution >= 4 is 41.7 Å². The third kappa shape index (κ3) is 6.61. The van der Waals surface area contributed by atoms with Crippen LogP contribution in [-0.4, -0.2) is 60.8 Å². The van der Waals surface area contributed by atoms with E-state index >= 15 is 0 Å². The topological polar surface area (TPSA) is 36.9 Å². The van der Waals surface area contributed by atoms with Gasteiger partial charge in [0, 0.05) is 37.6 Å². The maximum atomic E-state index is 5.57. The number of aliphatic imine (C=N–C) groups is 1. The molecule has 0 bridgehead atoms. The van der Waals surface area contributed by atoms with E-state index in [1.54, 1.807) is 0 Å². The molecule has 0 saturated carbocycles. The molecule has 2 heterocycles. The van der Waals surface area contributed by atoms with Gasteiger partial charge in [0.1, 0.15) is 0 Å². The first kappa shape index (κ1) is 21.4. The molecule has 6 heteroatoms. The van der Waals surface area contributed by atoms with Gasteiger partial charge >= 0.3 is 0 Å². The average Bonchev–Trinajstić information content (AvgIpc) is 2.53. The van der Waals surface area contributed by atoms with E-state index < -0.39 is 0 Å². The fourth-order valence-electron chi connectivity index (χ4n) is 3.42. The van der Waals surface area contributed by atoms with E-state index in [0.717, 1.165) is 69.9 Å². The van der Waals surface area contributed by atoms with E-state index in [2.05, 4.69) is 42.7 Å². The molecule has 1 unspecified atom stereocenters. The molecule has 2 saturated heterocycles. The Kier molecular flexibility index (Phi) is 10.2. The standard InChI is InChI=1S/C17H33N3OS.HI/c1-4-18-16(20-10-6-7-15(3)13-20)19-14-17(22-5-2)8-11-21-12-9-17;/h15H,4-14H2,1-3H3,(H,18,19);1H. The van der Waals surface area contributed by atoms with Crippen molar-refractivity contribution in [1.82, 2.24) is 10.2 Å². The van der Waals surface area contributed by atoms with E-state index in [1.165, 1.54) is 12.8 Å². The second-order valence-corrected chi connectivity index (χ2v) is 8.32. The summed E-state index contributed by atoms with van der Waals surface area (Å²) in [7, 11) is 0. The zero-order valence-electron chi connectivity index (χ0n) is 15.0. The second-order valence-electron chi connectivity index (χ2n) is 6.59. The number of rotatable bonds is 5. The summed E-state index contributed by atoms with van der Waals surface area (Å²) in [4.78, 5) is 7.50. The molecule has 2 rings (SSSR count). The smallest absolute Gasteiger partial charge is 0.193 e. The van der Waals surface area contributed by atoms with Crippen molar-refractivity contribution in [1.29, 1.82) is 0 Å². The third-order valence-electron chi connectivity index (χ3n) is 4.66. The highest BCUT2D eigenvalue weighted by Gasteiger charge is 2.33. The molecule has 0 amide bonds. The number of ether oxygens (including phenoxy) is 1. The molecule has 0 aromatic carbocycles. The number of likely N-dealkylation sites (tertiary alicyclic amines) is 1. The molecule has 136 valence electrons. The second kappa shape index (κ2) is 11.0. The van der Waals surface area contributed by atoms with E-state index in [0.29, 0.717) is 0 Å². The molecular weight excluding hydrogens is 421 g/mol. The molecule has 0 aromatic heterocycles. The Hall–Kier alpha value is 0.310. The summed E-state index contributed by atoms with van der Waals surface area (Å²) in [6.07, 6.45) is 4.90. The molecule has 23 heavy (non-hydrogen) atoms. The molecular formula is C17H34IN3OS. The maximum Gasteiger partial charge on any atom is 0.193 e. The van der Waals surface area contributed by atoms with Crippen LogP contribution in [0.3, 0.4) is 0 Å². The average molecular weight is 455 g/mol. The lowest BCUT2D eigenvalue weighted by molar-refractivity contribution is 0.0792. The Morgan fingerprint density at radius 3 is 2.70 bits per heavy atom. The van der Waals surface area contributed by atoms with Gasteiger partial charge in [-0.1, -0.05) is 13.8 Å². The van der Waals surface area contributed by atoms with Gasteiger partial charge in [-0.3, -0.25) is 4.99 Å². The maximum absolute atomic E-state index is 5.57. The molecule has 0 aliphatic carbocycles. The van der Waals surface area contributed by atoms with Crippen LogP contribution in [-0.2, 0) is 4.74 Å². The van der Waals surface area contributed by atoms with Gasteiger partial charge in [0.05, 0.1) is 6.54 Å².